The predicted octanol–water partition coefficient (Wildman–Crippen LogP) is 4.82. The normalized spacial score (nSPS) is 11.0. The van der Waals surface area contributed by atoms with Crippen LogP contribution in [0.25, 0.3) is 10.9 Å². The molecule has 0 aliphatic heterocycles. The van der Waals surface area contributed by atoms with Crippen LogP contribution in [0, 0.1) is 23.0 Å². The van der Waals surface area contributed by atoms with Crippen LogP contribution in [-0.4, -0.2) is 19.9 Å². The van der Waals surface area contributed by atoms with Crippen molar-refractivity contribution in [3.05, 3.63) is 50.9 Å². The number of hydrogen-bond acceptors (Lipinski definition) is 6. The van der Waals surface area contributed by atoms with Gasteiger partial charge >= 0.3 is 6.18 Å². The van der Waals surface area contributed by atoms with Crippen LogP contribution in [0.15, 0.2) is 12.4 Å². The third kappa shape index (κ3) is 4.46. The molecule has 3 heterocycles. The molecule has 146 valence electrons. The summed E-state index contributed by atoms with van der Waals surface area (Å²) in [6.07, 6.45) is -2.69. The van der Waals surface area contributed by atoms with E-state index in [-0.39, 0.29) is 21.8 Å². The Morgan fingerprint density at radius 3 is 2.07 bits per heavy atom. The molecule has 0 atom stereocenters. The molecule has 0 spiro atoms. The number of nitrogens with two attached hydrogens (primary N) is 1. The van der Waals surface area contributed by atoms with Crippen molar-refractivity contribution in [2.24, 2.45) is 0 Å². The van der Waals surface area contributed by atoms with Crippen molar-refractivity contribution in [1.29, 1.82) is 5.26 Å². The number of alkyl halides is 3. The summed E-state index contributed by atoms with van der Waals surface area (Å²) < 4.78 is 63.3. The van der Waals surface area contributed by atoms with Gasteiger partial charge in [-0.3, -0.25) is 0 Å². The number of nitrogens with zero attached hydrogens (tertiary/aromatic N) is 5. The number of hydrogen-bond donors (Lipinski definition) is 1. The molecular weight excluding hydrogens is 454 g/mol. The first-order valence-corrected chi connectivity index (χ1v) is 7.84. The van der Waals surface area contributed by atoms with Crippen molar-refractivity contribution in [1.82, 2.24) is 19.9 Å². The van der Waals surface area contributed by atoms with E-state index in [1.807, 2.05) is 0 Å². The first kappa shape index (κ1) is 21.7. The molecular formula is C14H4Cl3F5N6. The molecule has 0 radical (unpaired) electrons. The Balaban J connectivity index is 0.000000221. The van der Waals surface area contributed by atoms with Gasteiger partial charge in [0.15, 0.2) is 21.9 Å². The van der Waals surface area contributed by atoms with Gasteiger partial charge in [-0.15, -0.1) is 0 Å². The van der Waals surface area contributed by atoms with Crippen LogP contribution in [0.3, 0.4) is 0 Å². The third-order valence-electron chi connectivity index (χ3n) is 2.98. The van der Waals surface area contributed by atoms with E-state index >= 15 is 0 Å². The zero-order valence-corrected chi connectivity index (χ0v) is 15.3. The fourth-order valence-corrected chi connectivity index (χ4v) is 2.20. The molecule has 2 N–H and O–H groups in total. The lowest BCUT2D eigenvalue weighted by atomic mass is 10.2. The van der Waals surface area contributed by atoms with Crippen molar-refractivity contribution in [2.45, 2.75) is 6.18 Å². The lowest BCUT2D eigenvalue weighted by Gasteiger charge is -2.07. The Morgan fingerprint density at radius 2 is 1.50 bits per heavy atom. The van der Waals surface area contributed by atoms with Crippen molar-refractivity contribution < 1.29 is 22.0 Å². The maximum Gasteiger partial charge on any atom is 0.451 e. The average Bonchev–Trinajstić information content (AvgIpc) is 2.63. The molecule has 0 aliphatic rings. The number of nitrogen functional groups attached to an aromatic ring is 1. The zero-order valence-electron chi connectivity index (χ0n) is 13.0. The van der Waals surface area contributed by atoms with Gasteiger partial charge in [0.1, 0.15) is 16.7 Å². The monoisotopic (exact) mass is 456 g/mol. The molecule has 3 rings (SSSR count). The predicted molar refractivity (Wildman–Crippen MR) is 90.6 cm³/mol. The third-order valence-corrected chi connectivity index (χ3v) is 3.80. The molecule has 6 nitrogen and oxygen atoms in total. The molecule has 0 aromatic carbocycles. The van der Waals surface area contributed by atoms with Crippen LogP contribution >= 0.6 is 34.8 Å². The SMILES string of the molecule is Fc1c(Cl)ncc2c(Cl)nc(C(F)(F)F)nc12.N#Cc1cnc(Cl)c(F)c1N. The van der Waals surface area contributed by atoms with Gasteiger partial charge in [-0.05, 0) is 0 Å². The molecule has 0 saturated carbocycles. The Hall–Kier alpha value is -2.55. The molecule has 14 heteroatoms. The summed E-state index contributed by atoms with van der Waals surface area (Å²) in [5.41, 5.74) is 4.29. The van der Waals surface area contributed by atoms with Crippen LogP contribution in [0.2, 0.25) is 15.5 Å². The Morgan fingerprint density at radius 1 is 0.929 bits per heavy atom. The molecule has 28 heavy (non-hydrogen) atoms. The maximum atomic E-state index is 13.4. The minimum atomic E-state index is -4.82. The minimum Gasteiger partial charge on any atom is -0.395 e. The van der Waals surface area contributed by atoms with Gasteiger partial charge < -0.3 is 5.73 Å². The fourth-order valence-electron chi connectivity index (χ4n) is 1.69. The van der Waals surface area contributed by atoms with E-state index < -0.39 is 39.5 Å². The van der Waals surface area contributed by atoms with E-state index in [0.29, 0.717) is 0 Å². The lowest BCUT2D eigenvalue weighted by Crippen LogP contribution is -2.12. The highest BCUT2D eigenvalue weighted by molar-refractivity contribution is 6.34. The molecule has 3 aromatic heterocycles. The highest BCUT2D eigenvalue weighted by Crippen LogP contribution is 2.31. The summed E-state index contributed by atoms with van der Waals surface area (Å²) in [7, 11) is 0. The summed E-state index contributed by atoms with van der Waals surface area (Å²) in [5, 5.41) is 6.78. The van der Waals surface area contributed by atoms with Gasteiger partial charge in [-0.1, -0.05) is 34.8 Å². The molecule has 0 amide bonds. The Bertz CT molecular complexity index is 1100. The van der Waals surface area contributed by atoms with Crippen LogP contribution in [0.1, 0.15) is 11.4 Å². The fraction of sp³-hybridized carbons (Fsp3) is 0.0714. The summed E-state index contributed by atoms with van der Waals surface area (Å²) >= 11 is 16.1. The van der Waals surface area contributed by atoms with Crippen LogP contribution in [0.4, 0.5) is 27.6 Å². The van der Waals surface area contributed by atoms with Gasteiger partial charge in [0, 0.05) is 12.4 Å². The Labute approximate surface area is 167 Å². The van der Waals surface area contributed by atoms with Crippen LogP contribution < -0.4 is 5.73 Å². The standard InChI is InChI=1S/C8HCl2F4N3.C6H3ClFN3/c9-5-2-1-15-6(10)3(11)4(2)16-7(17-5)8(12,13)14;7-6-4(8)5(10)3(1-9)2-11-6/h1H;2H,(H2,10,11). The first-order valence-electron chi connectivity index (χ1n) is 6.71. The number of pyridine rings is 2. The number of rotatable bonds is 0. The molecule has 0 fully saturated rings. The zero-order chi connectivity index (χ0) is 21.2. The first-order chi connectivity index (χ1) is 13.0. The van der Waals surface area contributed by atoms with E-state index in [2.05, 4.69) is 19.9 Å². The van der Waals surface area contributed by atoms with Gasteiger partial charge in [-0.2, -0.15) is 18.4 Å². The number of anilines is 1. The van der Waals surface area contributed by atoms with Gasteiger partial charge in [0.05, 0.1) is 16.6 Å². The van der Waals surface area contributed by atoms with E-state index in [9.17, 15) is 22.0 Å². The molecule has 0 bridgehead atoms. The maximum absolute atomic E-state index is 13.4. The Kier molecular flexibility index (Phi) is 6.38. The number of aromatic nitrogens is 4. The van der Waals surface area contributed by atoms with Gasteiger partial charge in [-0.25, -0.2) is 28.7 Å². The van der Waals surface area contributed by atoms with Crippen molar-refractivity contribution in [2.75, 3.05) is 5.73 Å². The van der Waals surface area contributed by atoms with E-state index in [1.54, 1.807) is 6.07 Å². The molecule has 0 unspecified atom stereocenters. The van der Waals surface area contributed by atoms with E-state index in [1.165, 1.54) is 0 Å². The molecule has 0 saturated heterocycles. The second-order valence-electron chi connectivity index (χ2n) is 4.76. The quantitative estimate of drug-likeness (QED) is 0.295. The highest BCUT2D eigenvalue weighted by atomic mass is 35.5. The van der Waals surface area contributed by atoms with Gasteiger partial charge in [0.25, 0.3) is 0 Å². The van der Waals surface area contributed by atoms with E-state index in [0.717, 1.165) is 12.4 Å². The van der Waals surface area contributed by atoms with Crippen molar-refractivity contribution >= 4 is 51.4 Å². The van der Waals surface area contributed by atoms with Crippen LogP contribution in [-0.2, 0) is 6.18 Å². The van der Waals surface area contributed by atoms with Gasteiger partial charge in [0.2, 0.25) is 5.82 Å². The second kappa shape index (κ2) is 8.22. The molecule has 3 aromatic rings. The average molecular weight is 458 g/mol. The smallest absolute Gasteiger partial charge is 0.395 e. The second-order valence-corrected chi connectivity index (χ2v) is 5.84. The summed E-state index contributed by atoms with van der Waals surface area (Å²) in [4.78, 5) is 12.9. The topological polar surface area (TPSA) is 101 Å². The minimum absolute atomic E-state index is 0.00750. The highest BCUT2D eigenvalue weighted by Gasteiger charge is 2.36. The van der Waals surface area contributed by atoms with E-state index in [4.69, 9.17) is 45.8 Å². The van der Waals surface area contributed by atoms with Crippen LogP contribution in [0.5, 0.6) is 0 Å². The molecule has 0 aliphatic carbocycles. The number of halogens is 8. The lowest BCUT2D eigenvalue weighted by molar-refractivity contribution is -0.144. The van der Waals surface area contributed by atoms with Crippen molar-refractivity contribution in [3.63, 3.8) is 0 Å². The summed E-state index contributed by atoms with van der Waals surface area (Å²) in [6, 6.07) is 1.68. The summed E-state index contributed by atoms with van der Waals surface area (Å²) in [5.74, 6) is -3.54. The number of nitriles is 1. The summed E-state index contributed by atoms with van der Waals surface area (Å²) in [6.45, 7) is 0. The van der Waals surface area contributed by atoms with Crippen molar-refractivity contribution in [3.8, 4) is 6.07 Å². The largest absolute Gasteiger partial charge is 0.451 e. The number of fused-ring (bicyclic) bond motifs is 1.